The van der Waals surface area contributed by atoms with E-state index in [1.54, 1.807) is 7.05 Å². The molecule has 0 unspecified atom stereocenters. The van der Waals surface area contributed by atoms with E-state index >= 15 is 0 Å². The van der Waals surface area contributed by atoms with Crippen LogP contribution in [0.15, 0.2) is 0 Å². The summed E-state index contributed by atoms with van der Waals surface area (Å²) >= 11 is 0. The van der Waals surface area contributed by atoms with Crippen LogP contribution in [0.5, 0.6) is 0 Å². The van der Waals surface area contributed by atoms with Gasteiger partial charge < -0.3 is 4.90 Å². The second kappa shape index (κ2) is 20.3. The van der Waals surface area contributed by atoms with Crippen molar-refractivity contribution in [2.24, 2.45) is 0 Å². The van der Waals surface area contributed by atoms with Crippen LogP contribution in [0.1, 0.15) is 129 Å². The summed E-state index contributed by atoms with van der Waals surface area (Å²) in [6.07, 6.45) is 24.2. The lowest BCUT2D eigenvalue weighted by molar-refractivity contribution is -0.129. The van der Waals surface area contributed by atoms with Crippen molar-refractivity contribution < 1.29 is 17.8 Å². The molecule has 0 aliphatic heterocycles. The lowest BCUT2D eigenvalue weighted by atomic mass is 10.0. The first-order valence-electron chi connectivity index (χ1n) is 12.6. The number of rotatable bonds is 22. The van der Waals surface area contributed by atoms with Gasteiger partial charge in [-0.3, -0.25) is 9.35 Å². The largest absolute Gasteiger partial charge is 0.345 e. The third-order valence-corrected chi connectivity index (χ3v) is 6.55. The average Bonchev–Trinajstić information content (AvgIpc) is 2.70. The quantitative estimate of drug-likeness (QED) is 0.147. The van der Waals surface area contributed by atoms with Gasteiger partial charge in [-0.25, -0.2) is 0 Å². The summed E-state index contributed by atoms with van der Waals surface area (Å²) in [5.74, 6) is -0.441. The normalized spacial score (nSPS) is 11.7. The molecule has 30 heavy (non-hydrogen) atoms. The molecule has 0 aliphatic carbocycles. The molecule has 180 valence electrons. The van der Waals surface area contributed by atoms with Crippen molar-refractivity contribution in [3.05, 3.63) is 0 Å². The van der Waals surface area contributed by atoms with E-state index in [0.29, 0.717) is 6.42 Å². The molecule has 1 amide bonds. The molecule has 0 heterocycles. The summed E-state index contributed by atoms with van der Waals surface area (Å²) in [7, 11) is -2.41. The summed E-state index contributed by atoms with van der Waals surface area (Å²) < 4.78 is 30.1. The van der Waals surface area contributed by atoms with E-state index in [1.165, 1.54) is 108 Å². The number of amides is 1. The smallest absolute Gasteiger partial charge is 0.266 e. The molecule has 0 fully saturated rings. The monoisotopic (exact) mass is 447 g/mol. The number of hydrogen-bond acceptors (Lipinski definition) is 3. The Balaban J connectivity index is 3.27. The summed E-state index contributed by atoms with van der Waals surface area (Å²) in [6.45, 7) is 2.32. The Morgan fingerprint density at radius 2 is 1.00 bits per heavy atom. The molecule has 1 N–H and O–H groups in total. The highest BCUT2D eigenvalue weighted by atomic mass is 32.2. The Hall–Kier alpha value is -0.620. The molecule has 0 rings (SSSR count). The van der Waals surface area contributed by atoms with Crippen molar-refractivity contribution >= 4 is 16.0 Å². The fourth-order valence-corrected chi connectivity index (χ4v) is 4.25. The van der Waals surface area contributed by atoms with E-state index < -0.39 is 15.9 Å². The zero-order chi connectivity index (χ0) is 22.5. The van der Waals surface area contributed by atoms with E-state index in [-0.39, 0.29) is 12.5 Å². The van der Waals surface area contributed by atoms with E-state index in [9.17, 15) is 13.2 Å². The number of carbonyl (C=O) groups excluding carboxylic acids is 1. The second-order valence-corrected chi connectivity index (χ2v) is 10.4. The molecule has 0 radical (unpaired) electrons. The fraction of sp³-hybridized carbons (Fsp3) is 0.958. The van der Waals surface area contributed by atoms with Gasteiger partial charge in [-0.15, -0.1) is 0 Å². The highest BCUT2D eigenvalue weighted by Gasteiger charge is 2.12. The van der Waals surface area contributed by atoms with E-state index in [2.05, 4.69) is 6.92 Å². The molecule has 0 saturated carbocycles. The summed E-state index contributed by atoms with van der Waals surface area (Å²) in [5.41, 5.74) is 0. The lowest BCUT2D eigenvalue weighted by Gasteiger charge is -2.16. The molecule has 0 atom stereocenters. The van der Waals surface area contributed by atoms with Crippen LogP contribution in [0.2, 0.25) is 0 Å². The van der Waals surface area contributed by atoms with E-state index in [1.807, 2.05) is 0 Å². The molecule has 0 aromatic carbocycles. The molecule has 0 aromatic heterocycles. The SMILES string of the molecule is CCCCCCCCCCCCCCCCCCCCC(=O)N(C)CCS(=O)(=O)O. The van der Waals surface area contributed by atoms with Crippen LogP contribution in [0.25, 0.3) is 0 Å². The molecular formula is C24H49NO4S. The molecule has 0 bridgehead atoms. The Labute approximate surface area is 187 Å². The maximum Gasteiger partial charge on any atom is 0.266 e. The first-order valence-corrected chi connectivity index (χ1v) is 14.2. The Morgan fingerprint density at radius 3 is 1.33 bits per heavy atom. The third kappa shape index (κ3) is 22.1. The van der Waals surface area contributed by atoms with Gasteiger partial charge in [-0.1, -0.05) is 116 Å². The van der Waals surface area contributed by atoms with E-state index in [4.69, 9.17) is 4.55 Å². The van der Waals surface area contributed by atoms with Gasteiger partial charge in [0.15, 0.2) is 0 Å². The standard InChI is InChI=1S/C24H49NO4S/c1-3-4-5-6-7-8-9-10-11-12-13-14-15-16-17-18-19-20-21-24(26)25(2)22-23-30(27,28)29/h3-23H2,1-2H3,(H,27,28,29). The summed E-state index contributed by atoms with van der Waals surface area (Å²) in [5, 5.41) is 0. The molecule has 0 aliphatic rings. The lowest BCUT2D eigenvalue weighted by Crippen LogP contribution is -2.31. The molecule has 0 aromatic rings. The zero-order valence-electron chi connectivity index (χ0n) is 19.9. The fourth-order valence-electron chi connectivity index (χ4n) is 3.75. The van der Waals surface area contributed by atoms with Crippen LogP contribution < -0.4 is 0 Å². The molecule has 0 spiro atoms. The minimum Gasteiger partial charge on any atom is -0.345 e. The van der Waals surface area contributed by atoms with Crippen molar-refractivity contribution in [1.29, 1.82) is 0 Å². The number of nitrogens with zero attached hydrogens (tertiary/aromatic N) is 1. The molecule has 6 heteroatoms. The highest BCUT2D eigenvalue weighted by Crippen LogP contribution is 2.14. The average molecular weight is 448 g/mol. The third-order valence-electron chi connectivity index (χ3n) is 5.85. The maximum atomic E-state index is 11.9. The van der Waals surface area contributed by atoms with Gasteiger partial charge in [0.2, 0.25) is 5.91 Å². The first-order chi connectivity index (χ1) is 14.4. The van der Waals surface area contributed by atoms with E-state index in [0.717, 1.165) is 12.8 Å². The molecular weight excluding hydrogens is 398 g/mol. The van der Waals surface area contributed by atoms with Crippen LogP contribution in [-0.4, -0.2) is 43.1 Å². The van der Waals surface area contributed by atoms with Gasteiger partial charge in [0.05, 0.1) is 5.75 Å². The van der Waals surface area contributed by atoms with Gasteiger partial charge in [0.25, 0.3) is 10.1 Å². The van der Waals surface area contributed by atoms with Crippen LogP contribution in [0.3, 0.4) is 0 Å². The topological polar surface area (TPSA) is 74.7 Å². The van der Waals surface area contributed by atoms with Gasteiger partial charge in [0, 0.05) is 20.0 Å². The van der Waals surface area contributed by atoms with Crippen molar-refractivity contribution in [2.75, 3.05) is 19.3 Å². The van der Waals surface area contributed by atoms with Crippen molar-refractivity contribution in [3.63, 3.8) is 0 Å². The van der Waals surface area contributed by atoms with Crippen molar-refractivity contribution in [1.82, 2.24) is 4.90 Å². The van der Waals surface area contributed by atoms with Crippen molar-refractivity contribution in [3.8, 4) is 0 Å². The van der Waals surface area contributed by atoms with Gasteiger partial charge in [-0.05, 0) is 6.42 Å². The van der Waals surface area contributed by atoms with Crippen molar-refractivity contribution in [2.45, 2.75) is 129 Å². The van der Waals surface area contributed by atoms with Crippen LogP contribution >= 0.6 is 0 Å². The van der Waals surface area contributed by atoms with Crippen LogP contribution in [-0.2, 0) is 14.9 Å². The first kappa shape index (κ1) is 29.4. The predicted molar refractivity (Wildman–Crippen MR) is 127 cm³/mol. The van der Waals surface area contributed by atoms with Crippen LogP contribution in [0, 0.1) is 0 Å². The van der Waals surface area contributed by atoms with Gasteiger partial charge >= 0.3 is 0 Å². The Kier molecular flexibility index (Phi) is 19.9. The summed E-state index contributed by atoms with van der Waals surface area (Å²) in [6, 6.07) is 0. The highest BCUT2D eigenvalue weighted by molar-refractivity contribution is 7.85. The number of hydrogen-bond donors (Lipinski definition) is 1. The molecule has 0 saturated heterocycles. The predicted octanol–water partition coefficient (Wildman–Crippen LogP) is 6.76. The minimum atomic E-state index is -4.00. The van der Waals surface area contributed by atoms with Gasteiger partial charge in [-0.2, -0.15) is 8.42 Å². The Bertz CT molecular complexity index is 493. The minimum absolute atomic E-state index is 0.0462. The number of carbonyl (C=O) groups is 1. The van der Waals surface area contributed by atoms with Gasteiger partial charge in [0.1, 0.15) is 0 Å². The zero-order valence-corrected chi connectivity index (χ0v) is 20.7. The molecule has 5 nitrogen and oxygen atoms in total. The maximum absolute atomic E-state index is 11.9. The Morgan fingerprint density at radius 1 is 0.667 bits per heavy atom. The second-order valence-electron chi connectivity index (χ2n) is 8.86. The van der Waals surface area contributed by atoms with Crippen LogP contribution in [0.4, 0.5) is 0 Å². The summed E-state index contributed by atoms with van der Waals surface area (Å²) in [4.78, 5) is 13.3. The number of unbranched alkanes of at least 4 members (excludes halogenated alkanes) is 17.